The fourth-order valence-electron chi connectivity index (χ4n) is 0.246. The van der Waals surface area contributed by atoms with Gasteiger partial charge < -0.3 is 0 Å². The Bertz CT molecular complexity index is 293. The lowest BCUT2D eigenvalue weighted by Crippen LogP contribution is -2.17. The van der Waals surface area contributed by atoms with Gasteiger partial charge in [-0.05, 0) is 0 Å². The Morgan fingerprint density at radius 2 is 1.64 bits per heavy atom. The van der Waals surface area contributed by atoms with Crippen molar-refractivity contribution in [2.45, 2.75) is 6.18 Å². The minimum absolute atomic E-state index is 0.0394. The van der Waals surface area contributed by atoms with Crippen LogP contribution in [0.15, 0.2) is 4.91 Å². The predicted octanol–water partition coefficient (Wildman–Crippen LogP) is 0.564. The minimum atomic E-state index is -6.00. The molecule has 0 fully saturated rings. The molecule has 0 aliphatic heterocycles. The number of hydrogen-bond acceptors (Lipinski definition) is 3. The molecule has 0 heterocycles. The number of hydrogen-bond donors (Lipinski definition) is 0. The Hall–Kier alpha value is -0.880. The molecule has 0 aliphatic carbocycles. The van der Waals surface area contributed by atoms with Crippen molar-refractivity contribution in [2.75, 3.05) is 0 Å². The van der Waals surface area contributed by atoms with Crippen LogP contribution in [0.5, 0.6) is 0 Å². The van der Waals surface area contributed by atoms with Crippen LogP contribution in [0.1, 0.15) is 0 Å². The summed E-state index contributed by atoms with van der Waals surface area (Å²) in [6.45, 7) is 0. The van der Waals surface area contributed by atoms with Gasteiger partial charge in [0.05, 0.1) is 0 Å². The van der Waals surface area contributed by atoms with Gasteiger partial charge in [-0.2, -0.15) is 21.6 Å². The van der Waals surface area contributed by atoms with Crippen LogP contribution in [0.25, 0.3) is 0 Å². The van der Waals surface area contributed by atoms with Crippen LogP contribution in [0.2, 0.25) is 0 Å². The van der Waals surface area contributed by atoms with Crippen molar-refractivity contribution in [3.05, 3.63) is 4.91 Å². The molecule has 0 spiro atoms. The first-order valence-corrected chi connectivity index (χ1v) is 3.35. The maximum Gasteiger partial charge on any atom is 0.440 e. The molecule has 0 aliphatic rings. The van der Waals surface area contributed by atoms with Gasteiger partial charge in [0.25, 0.3) is 4.91 Å². The number of allylic oxidation sites excluding steroid dienone is 1. The van der Waals surface area contributed by atoms with Gasteiger partial charge in [0.2, 0.25) is 0 Å². The van der Waals surface area contributed by atoms with E-state index >= 15 is 0 Å². The Kier molecular flexibility index (Phi) is 2.42. The second-order valence-electron chi connectivity index (χ2n) is 1.37. The number of carbonyl (C=O) groups excluding carboxylic acids is 1. The first-order chi connectivity index (χ1) is 4.69. The summed E-state index contributed by atoms with van der Waals surface area (Å²) in [6, 6.07) is 0. The molecule has 0 saturated carbocycles. The quantitative estimate of drug-likeness (QED) is 0.346. The predicted molar refractivity (Wildman–Crippen MR) is 25.3 cm³/mol. The van der Waals surface area contributed by atoms with Crippen molar-refractivity contribution >= 4 is 16.2 Å². The molecule has 0 atom stereocenters. The van der Waals surface area contributed by atoms with E-state index in [-0.39, 0.29) is 5.94 Å². The first kappa shape index (κ1) is 10.1. The van der Waals surface area contributed by atoms with Crippen molar-refractivity contribution in [2.24, 2.45) is 0 Å². The first-order valence-electron chi connectivity index (χ1n) is 1.96. The highest BCUT2D eigenvalue weighted by atomic mass is 32.3. The van der Waals surface area contributed by atoms with Crippen LogP contribution >= 0.6 is 0 Å². The van der Waals surface area contributed by atoms with E-state index in [1.54, 1.807) is 0 Å². The van der Waals surface area contributed by atoms with E-state index in [9.17, 15) is 30.3 Å². The monoisotopic (exact) mass is 192 g/mol. The average Bonchev–Trinajstić information content (AvgIpc) is 1.56. The molecule has 0 amide bonds. The van der Waals surface area contributed by atoms with Crippen LogP contribution in [0.4, 0.5) is 17.1 Å². The second-order valence-corrected chi connectivity index (χ2v) is 2.65. The molecular formula is C3F4O3S. The van der Waals surface area contributed by atoms with Crippen LogP contribution < -0.4 is 0 Å². The molecule has 8 heteroatoms. The zero-order chi connectivity index (χ0) is 9.28. The van der Waals surface area contributed by atoms with Gasteiger partial charge in [-0.15, -0.1) is 0 Å². The van der Waals surface area contributed by atoms with Crippen LogP contribution in [-0.4, -0.2) is 20.5 Å². The molecule has 0 aromatic heterocycles. The largest absolute Gasteiger partial charge is 0.440 e. The summed E-state index contributed by atoms with van der Waals surface area (Å²) >= 11 is 0. The zero-order valence-corrected chi connectivity index (χ0v) is 5.46. The van der Waals surface area contributed by atoms with E-state index in [0.717, 1.165) is 0 Å². The third-order valence-corrected chi connectivity index (χ3v) is 1.40. The van der Waals surface area contributed by atoms with Gasteiger partial charge in [0, 0.05) is 0 Å². The van der Waals surface area contributed by atoms with E-state index in [2.05, 4.69) is 0 Å². The maximum absolute atomic E-state index is 11.5. The van der Waals surface area contributed by atoms with E-state index in [0.29, 0.717) is 0 Å². The Labute approximate surface area is 58.5 Å². The van der Waals surface area contributed by atoms with Crippen molar-refractivity contribution in [3.63, 3.8) is 0 Å². The van der Waals surface area contributed by atoms with E-state index in [1.807, 2.05) is 0 Å². The smallest absolute Gasteiger partial charge is 0.232 e. The third kappa shape index (κ3) is 2.69. The SMILES string of the molecule is O=C=C(C(F)(F)F)S(=O)(=O)F. The molecule has 3 nitrogen and oxygen atoms in total. The Morgan fingerprint density at radius 3 is 1.64 bits per heavy atom. The molecule has 0 radical (unpaired) electrons. The van der Waals surface area contributed by atoms with Gasteiger partial charge in [0.1, 0.15) is 0 Å². The van der Waals surface area contributed by atoms with Gasteiger partial charge in [-0.25, -0.2) is 4.79 Å². The molecule has 0 saturated heterocycles. The number of alkyl halides is 3. The normalized spacial score (nSPS) is 12.4. The lowest BCUT2D eigenvalue weighted by Gasteiger charge is -2.00. The highest BCUT2D eigenvalue weighted by Crippen LogP contribution is 2.28. The Morgan fingerprint density at radius 1 is 1.27 bits per heavy atom. The molecule has 0 aromatic carbocycles. The summed E-state index contributed by atoms with van der Waals surface area (Å²) in [4.78, 5) is 6.45. The van der Waals surface area contributed by atoms with E-state index in [4.69, 9.17) is 0 Å². The number of halogens is 4. The molecule has 11 heavy (non-hydrogen) atoms. The van der Waals surface area contributed by atoms with Crippen LogP contribution in [-0.2, 0) is 15.0 Å². The van der Waals surface area contributed by atoms with Crippen molar-refractivity contribution in [1.29, 1.82) is 0 Å². The fraction of sp³-hybridized carbons (Fsp3) is 0.333. The molecule has 0 unspecified atom stereocenters. The Balaban J connectivity index is 5.25. The van der Waals surface area contributed by atoms with Crippen molar-refractivity contribution < 1.29 is 30.3 Å². The maximum atomic E-state index is 11.5. The third-order valence-electron chi connectivity index (χ3n) is 0.594. The number of rotatable bonds is 1. The highest BCUT2D eigenvalue weighted by Gasteiger charge is 2.44. The lowest BCUT2D eigenvalue weighted by molar-refractivity contribution is -0.0836. The van der Waals surface area contributed by atoms with Gasteiger partial charge in [-0.3, -0.25) is 0 Å². The summed E-state index contributed by atoms with van der Waals surface area (Å²) in [6.07, 6.45) is -5.52. The van der Waals surface area contributed by atoms with Gasteiger partial charge >= 0.3 is 16.4 Å². The van der Waals surface area contributed by atoms with Crippen molar-refractivity contribution in [1.82, 2.24) is 0 Å². The van der Waals surface area contributed by atoms with E-state index in [1.165, 1.54) is 0 Å². The van der Waals surface area contributed by atoms with Crippen LogP contribution in [0.3, 0.4) is 0 Å². The molecule has 0 aromatic rings. The van der Waals surface area contributed by atoms with Gasteiger partial charge in [-0.1, -0.05) is 3.89 Å². The summed E-state index contributed by atoms with van der Waals surface area (Å²) in [5, 5.41) is 0. The minimum Gasteiger partial charge on any atom is -0.232 e. The molecule has 0 N–H and O–H groups in total. The highest BCUT2D eigenvalue weighted by molar-refractivity contribution is 7.90. The second kappa shape index (κ2) is 2.63. The molecule has 0 rings (SSSR count). The lowest BCUT2D eigenvalue weighted by atomic mass is 10.6. The van der Waals surface area contributed by atoms with Crippen LogP contribution in [0, 0.1) is 0 Å². The average molecular weight is 192 g/mol. The summed E-state index contributed by atoms with van der Waals surface area (Å²) in [5.41, 5.74) is 0. The fourth-order valence-corrected chi connectivity index (χ4v) is 0.622. The van der Waals surface area contributed by atoms with Crippen molar-refractivity contribution in [3.8, 4) is 0 Å². The molecule has 0 bridgehead atoms. The zero-order valence-electron chi connectivity index (χ0n) is 4.64. The standard InChI is InChI=1S/C3F4O3S/c4-3(5,6)2(1-8)11(7,9)10. The molecule has 64 valence electrons. The summed E-state index contributed by atoms with van der Waals surface area (Å²) in [7, 11) is -6.00. The molecular weight excluding hydrogens is 192 g/mol. The van der Waals surface area contributed by atoms with Gasteiger partial charge in [0.15, 0.2) is 5.94 Å². The van der Waals surface area contributed by atoms with E-state index < -0.39 is 21.3 Å². The summed E-state index contributed by atoms with van der Waals surface area (Å²) < 4.78 is 64.4. The topological polar surface area (TPSA) is 51.2 Å². The summed E-state index contributed by atoms with van der Waals surface area (Å²) in [5.74, 6) is -0.0394.